The van der Waals surface area contributed by atoms with E-state index in [4.69, 9.17) is 5.73 Å². The van der Waals surface area contributed by atoms with Crippen LogP contribution in [0.15, 0.2) is 24.3 Å². The quantitative estimate of drug-likeness (QED) is 0.545. The predicted molar refractivity (Wildman–Crippen MR) is 36.8 cm³/mol. The van der Waals surface area contributed by atoms with Crippen LogP contribution in [0.4, 0.5) is 0 Å². The Hall–Kier alpha value is -0.820. The second-order valence-electron chi connectivity index (χ2n) is 2.36. The lowest BCUT2D eigenvalue weighted by Gasteiger charge is -2.17. The van der Waals surface area contributed by atoms with Gasteiger partial charge in [-0.25, -0.2) is 0 Å². The highest BCUT2D eigenvalue weighted by atomic mass is 14.6. The summed E-state index contributed by atoms with van der Waals surface area (Å²) in [6.45, 7) is 0. The van der Waals surface area contributed by atoms with Crippen LogP contribution in [0.25, 0.3) is 0 Å². The fourth-order valence-electron chi connectivity index (χ4n) is 1.13. The topological polar surface area (TPSA) is 26.0 Å². The minimum atomic E-state index is 0.148. The van der Waals surface area contributed by atoms with Gasteiger partial charge in [-0.1, -0.05) is 24.3 Å². The van der Waals surface area contributed by atoms with E-state index in [0.29, 0.717) is 0 Å². The second-order valence-corrected chi connectivity index (χ2v) is 2.36. The van der Waals surface area contributed by atoms with Crippen molar-refractivity contribution >= 4 is 0 Å². The molecule has 2 N–H and O–H groups in total. The first-order chi connectivity index (χ1) is 4.36. The summed E-state index contributed by atoms with van der Waals surface area (Å²) in [4.78, 5) is 0. The molecule has 1 aromatic carbocycles. The van der Waals surface area contributed by atoms with Crippen LogP contribution in [-0.2, 0) is 0 Å². The molecule has 1 unspecified atom stereocenters. The highest BCUT2D eigenvalue weighted by Gasteiger charge is 2.12. The van der Waals surface area contributed by atoms with Crippen molar-refractivity contribution in [2.24, 2.45) is 5.73 Å². The summed E-state index contributed by atoms with van der Waals surface area (Å²) in [6, 6.07) is 8.45. The zero-order valence-electron chi connectivity index (χ0n) is 5.04. The molecule has 0 saturated carbocycles. The van der Waals surface area contributed by atoms with Crippen LogP contribution >= 0.6 is 0 Å². The van der Waals surface area contributed by atoms with Gasteiger partial charge >= 0.3 is 0 Å². The first-order valence-electron chi connectivity index (χ1n) is 3.07. The molecule has 0 aliphatic heterocycles. The first kappa shape index (κ1) is 5.00. The van der Waals surface area contributed by atoms with Crippen molar-refractivity contribution in [1.29, 1.82) is 0 Å². The maximum atomic E-state index is 5.70. The molecule has 0 amide bonds. The van der Waals surface area contributed by atoms with Gasteiger partial charge in [-0.15, -0.1) is 0 Å². The number of hydrogen-bond acceptors (Lipinski definition) is 1. The fraction of sp³-hybridized carbons (Fsp3) is 0.125. The van der Waals surface area contributed by atoms with E-state index in [0.717, 1.165) is 0 Å². The summed E-state index contributed by atoms with van der Waals surface area (Å²) in [7, 11) is 0. The highest BCUT2D eigenvalue weighted by molar-refractivity contribution is 5.38. The van der Waals surface area contributed by atoms with E-state index in [9.17, 15) is 0 Å². The molecule has 0 spiro atoms. The Balaban J connectivity index is 2.59. The van der Waals surface area contributed by atoms with E-state index in [1.165, 1.54) is 11.1 Å². The van der Waals surface area contributed by atoms with Gasteiger partial charge in [-0.05, 0) is 11.1 Å². The van der Waals surface area contributed by atoms with Gasteiger partial charge in [0.1, 0.15) is 0 Å². The Bertz CT molecular complexity index is 213. The Morgan fingerprint density at radius 1 is 1.11 bits per heavy atom. The molecule has 0 fully saturated rings. The van der Waals surface area contributed by atoms with Crippen molar-refractivity contribution < 1.29 is 0 Å². The summed E-state index contributed by atoms with van der Waals surface area (Å²) in [5.41, 5.74) is 8.15. The number of fused-ring (bicyclic) bond motifs is 3. The van der Waals surface area contributed by atoms with Crippen molar-refractivity contribution in [2.45, 2.75) is 6.04 Å². The van der Waals surface area contributed by atoms with Crippen LogP contribution in [0.3, 0.4) is 0 Å². The normalized spacial score (nSPS) is 22.6. The van der Waals surface area contributed by atoms with Crippen molar-refractivity contribution in [2.75, 3.05) is 0 Å². The maximum absolute atomic E-state index is 5.70. The maximum Gasteiger partial charge on any atom is 0.0371 e. The van der Waals surface area contributed by atoms with Crippen LogP contribution in [-0.4, -0.2) is 0 Å². The smallest absolute Gasteiger partial charge is 0.0371 e. The molecule has 45 valence electrons. The molecule has 1 atom stereocenters. The molecular weight excluding hydrogens is 110 g/mol. The first-order valence-corrected chi connectivity index (χ1v) is 3.07. The number of hydrogen-bond donors (Lipinski definition) is 1. The summed E-state index contributed by atoms with van der Waals surface area (Å²) < 4.78 is 0. The van der Waals surface area contributed by atoms with Gasteiger partial charge in [0.15, 0.2) is 0 Å². The van der Waals surface area contributed by atoms with Gasteiger partial charge in [0.25, 0.3) is 0 Å². The van der Waals surface area contributed by atoms with Crippen LogP contribution in [0, 0.1) is 6.42 Å². The number of nitrogens with two attached hydrogens (primary N) is 1. The minimum Gasteiger partial charge on any atom is -0.323 e. The lowest BCUT2D eigenvalue weighted by atomic mass is 9.92. The van der Waals surface area contributed by atoms with Crippen molar-refractivity contribution in [3.8, 4) is 0 Å². The van der Waals surface area contributed by atoms with Gasteiger partial charge < -0.3 is 5.73 Å². The highest BCUT2D eigenvalue weighted by Crippen LogP contribution is 2.24. The molecule has 0 aromatic heterocycles. The molecule has 1 heteroatoms. The second kappa shape index (κ2) is 1.58. The third-order valence-corrected chi connectivity index (χ3v) is 1.69. The SMILES string of the molecule is NC1[CH]c2ccc1cc2. The summed E-state index contributed by atoms with van der Waals surface area (Å²) >= 11 is 0. The molecular formula is C8H8N. The minimum absolute atomic E-state index is 0.148. The molecule has 2 aliphatic carbocycles. The van der Waals surface area contributed by atoms with E-state index in [2.05, 4.69) is 30.7 Å². The zero-order chi connectivity index (χ0) is 6.27. The van der Waals surface area contributed by atoms with Gasteiger partial charge in [0.2, 0.25) is 0 Å². The van der Waals surface area contributed by atoms with E-state index in [-0.39, 0.29) is 6.04 Å². The van der Waals surface area contributed by atoms with Crippen LogP contribution in [0.2, 0.25) is 0 Å². The van der Waals surface area contributed by atoms with Crippen molar-refractivity contribution in [3.05, 3.63) is 41.8 Å². The Morgan fingerprint density at radius 3 is 2.00 bits per heavy atom. The summed E-state index contributed by atoms with van der Waals surface area (Å²) in [5.74, 6) is 0. The molecule has 1 nitrogen and oxygen atoms in total. The Labute approximate surface area is 54.5 Å². The lowest BCUT2D eigenvalue weighted by molar-refractivity contribution is 0.834. The van der Waals surface area contributed by atoms with Crippen molar-refractivity contribution in [1.82, 2.24) is 0 Å². The van der Waals surface area contributed by atoms with Crippen LogP contribution < -0.4 is 5.73 Å². The molecule has 3 rings (SSSR count). The molecule has 2 aliphatic rings. The molecule has 2 bridgehead atoms. The molecule has 0 saturated heterocycles. The van der Waals surface area contributed by atoms with Crippen molar-refractivity contribution in [3.63, 3.8) is 0 Å². The van der Waals surface area contributed by atoms with Gasteiger partial charge in [0, 0.05) is 12.5 Å². The molecule has 0 heterocycles. The summed E-state index contributed by atoms with van der Waals surface area (Å²) in [6.07, 6.45) is 2.06. The van der Waals surface area contributed by atoms with E-state index in [1.54, 1.807) is 0 Å². The predicted octanol–water partition coefficient (Wildman–Crippen LogP) is 1.25. The van der Waals surface area contributed by atoms with Crippen LogP contribution in [0.1, 0.15) is 17.2 Å². The van der Waals surface area contributed by atoms with Gasteiger partial charge in [0.05, 0.1) is 0 Å². The fourth-order valence-corrected chi connectivity index (χ4v) is 1.13. The van der Waals surface area contributed by atoms with E-state index < -0.39 is 0 Å². The summed E-state index contributed by atoms with van der Waals surface area (Å²) in [5, 5.41) is 0. The Morgan fingerprint density at radius 2 is 1.78 bits per heavy atom. The molecule has 1 radical (unpaired) electrons. The monoisotopic (exact) mass is 118 g/mol. The van der Waals surface area contributed by atoms with Gasteiger partial charge in [-0.2, -0.15) is 0 Å². The van der Waals surface area contributed by atoms with E-state index >= 15 is 0 Å². The third-order valence-electron chi connectivity index (χ3n) is 1.69. The van der Waals surface area contributed by atoms with Gasteiger partial charge in [-0.3, -0.25) is 0 Å². The number of benzene rings is 1. The van der Waals surface area contributed by atoms with Crippen LogP contribution in [0.5, 0.6) is 0 Å². The molecule has 9 heavy (non-hydrogen) atoms. The zero-order valence-corrected chi connectivity index (χ0v) is 5.04. The average molecular weight is 118 g/mol. The lowest BCUT2D eigenvalue weighted by Crippen LogP contribution is -2.14. The standard InChI is InChI=1S/C8H8N/c9-8-5-6-1-3-7(8)4-2-6/h1-5,8H,9H2. The molecule has 1 aromatic rings. The number of rotatable bonds is 0. The largest absolute Gasteiger partial charge is 0.323 e. The third kappa shape index (κ3) is 0.653. The Kier molecular flexibility index (Phi) is 0.878. The van der Waals surface area contributed by atoms with E-state index in [1.807, 2.05) is 0 Å². The average Bonchev–Trinajstić information content (AvgIpc) is 1.90.